The van der Waals surface area contributed by atoms with Crippen molar-refractivity contribution in [1.82, 2.24) is 15.3 Å². The minimum atomic E-state index is -0.124. The molecular formula is C24H34N4O5. The Morgan fingerprint density at radius 2 is 2.15 bits per heavy atom. The van der Waals surface area contributed by atoms with Gasteiger partial charge >= 0.3 is 0 Å². The number of hydrogen-bond acceptors (Lipinski definition) is 8. The maximum Gasteiger partial charge on any atom is 0.254 e. The molecule has 33 heavy (non-hydrogen) atoms. The maximum atomic E-state index is 12.8. The van der Waals surface area contributed by atoms with Crippen molar-refractivity contribution in [2.75, 3.05) is 39.6 Å². The fourth-order valence-electron chi connectivity index (χ4n) is 4.26. The number of aromatic nitrogens is 1. The third-order valence-electron chi connectivity index (χ3n) is 6.02. The smallest absolute Gasteiger partial charge is 0.254 e. The number of hydrogen-bond donors (Lipinski definition) is 3. The average molecular weight is 459 g/mol. The number of pyridine rings is 1. The summed E-state index contributed by atoms with van der Waals surface area (Å²) >= 11 is 0. The quantitative estimate of drug-likeness (QED) is 0.278. The van der Waals surface area contributed by atoms with Crippen LogP contribution in [0.1, 0.15) is 24.5 Å². The molecule has 3 heterocycles. The number of ether oxygens (including phenoxy) is 4. The molecule has 2 aliphatic heterocycles. The first-order valence-electron chi connectivity index (χ1n) is 11.6. The van der Waals surface area contributed by atoms with Gasteiger partial charge in [0.25, 0.3) is 5.56 Å². The summed E-state index contributed by atoms with van der Waals surface area (Å²) in [5, 5.41) is 3.29. The maximum absolute atomic E-state index is 12.8. The molecule has 2 aliphatic rings. The fraction of sp³-hybridized carbons (Fsp3) is 0.542. The average Bonchev–Trinajstić information content (AvgIpc) is 2.85. The highest BCUT2D eigenvalue weighted by molar-refractivity contribution is 5.71. The van der Waals surface area contributed by atoms with Gasteiger partial charge in [-0.05, 0) is 50.1 Å². The zero-order valence-electron chi connectivity index (χ0n) is 19.4. The Morgan fingerprint density at radius 3 is 2.91 bits per heavy atom. The number of fused-ring (bicyclic) bond motifs is 3. The van der Waals surface area contributed by atoms with Crippen molar-refractivity contribution in [2.45, 2.75) is 45.5 Å². The lowest BCUT2D eigenvalue weighted by molar-refractivity contribution is -0.101. The zero-order valence-corrected chi connectivity index (χ0v) is 19.4. The van der Waals surface area contributed by atoms with Crippen molar-refractivity contribution in [2.24, 2.45) is 5.84 Å². The summed E-state index contributed by atoms with van der Waals surface area (Å²) in [6.07, 6.45) is 1.53. The van der Waals surface area contributed by atoms with Crippen molar-refractivity contribution in [3.05, 3.63) is 45.7 Å². The Balaban J connectivity index is 1.52. The molecule has 1 fully saturated rings. The summed E-state index contributed by atoms with van der Waals surface area (Å²) < 4.78 is 24.9. The Kier molecular flexibility index (Phi) is 8.00. The normalized spacial score (nSPS) is 18.3. The third-order valence-corrected chi connectivity index (χ3v) is 6.02. The molecular weight excluding hydrogens is 424 g/mol. The molecule has 1 aromatic carbocycles. The van der Waals surface area contributed by atoms with Crippen LogP contribution in [0.3, 0.4) is 0 Å². The van der Waals surface area contributed by atoms with Crippen molar-refractivity contribution < 1.29 is 18.9 Å². The van der Waals surface area contributed by atoms with E-state index >= 15 is 0 Å². The summed E-state index contributed by atoms with van der Waals surface area (Å²) in [5.74, 6) is 6.98. The molecule has 9 nitrogen and oxygen atoms in total. The SMILES string of the molecule is CCCNC(COc1ccc2c(c1)CCn1c-2c(C)c(OC[C@@H]2COCCO2)cc1=O)NN. The second-order valence-corrected chi connectivity index (χ2v) is 8.40. The van der Waals surface area contributed by atoms with E-state index in [-0.39, 0.29) is 17.8 Å². The summed E-state index contributed by atoms with van der Waals surface area (Å²) in [6.45, 7) is 8.02. The number of benzene rings is 1. The third kappa shape index (κ3) is 5.56. The van der Waals surface area contributed by atoms with Crippen LogP contribution in [0.5, 0.6) is 11.5 Å². The molecule has 0 radical (unpaired) electrons. The molecule has 9 heteroatoms. The van der Waals surface area contributed by atoms with E-state index in [1.54, 1.807) is 6.07 Å². The van der Waals surface area contributed by atoms with Gasteiger partial charge in [-0.3, -0.25) is 16.0 Å². The molecule has 0 saturated carbocycles. The highest BCUT2D eigenvalue weighted by atomic mass is 16.6. The van der Waals surface area contributed by atoms with E-state index in [0.717, 1.165) is 47.5 Å². The van der Waals surface area contributed by atoms with Crippen LogP contribution in [0.2, 0.25) is 0 Å². The summed E-state index contributed by atoms with van der Waals surface area (Å²) in [7, 11) is 0. The molecule has 0 bridgehead atoms. The number of nitrogens with zero attached hydrogens (tertiary/aromatic N) is 1. The number of aryl methyl sites for hydroxylation is 1. The molecule has 1 saturated heterocycles. The largest absolute Gasteiger partial charge is 0.491 e. The topological polar surface area (TPSA) is 109 Å². The number of hydrazine groups is 1. The molecule has 0 aliphatic carbocycles. The van der Waals surface area contributed by atoms with Crippen LogP contribution in [0, 0.1) is 6.92 Å². The summed E-state index contributed by atoms with van der Waals surface area (Å²) in [5.41, 5.74) is 6.70. The van der Waals surface area contributed by atoms with Gasteiger partial charge in [0.05, 0.1) is 25.5 Å². The predicted octanol–water partition coefficient (Wildman–Crippen LogP) is 1.34. The molecule has 4 N–H and O–H groups in total. The van der Waals surface area contributed by atoms with Gasteiger partial charge in [0.15, 0.2) is 0 Å². The van der Waals surface area contributed by atoms with E-state index in [4.69, 9.17) is 24.8 Å². The van der Waals surface area contributed by atoms with E-state index in [9.17, 15) is 4.79 Å². The monoisotopic (exact) mass is 458 g/mol. The van der Waals surface area contributed by atoms with Crippen LogP contribution in [-0.2, 0) is 22.4 Å². The molecule has 2 atom stereocenters. The van der Waals surface area contributed by atoms with E-state index in [1.165, 1.54) is 0 Å². The summed E-state index contributed by atoms with van der Waals surface area (Å²) in [4.78, 5) is 12.8. The van der Waals surface area contributed by atoms with Gasteiger partial charge < -0.3 is 23.5 Å². The Bertz CT molecular complexity index is 1000. The van der Waals surface area contributed by atoms with Gasteiger partial charge in [0, 0.05) is 23.7 Å². The lowest BCUT2D eigenvalue weighted by atomic mass is 9.94. The van der Waals surface area contributed by atoms with Crippen molar-refractivity contribution >= 4 is 0 Å². The lowest BCUT2D eigenvalue weighted by Crippen LogP contribution is -2.50. The zero-order chi connectivity index (χ0) is 23.2. The Hall–Kier alpha value is -2.43. The van der Waals surface area contributed by atoms with Gasteiger partial charge in [0.1, 0.15) is 37.0 Å². The van der Waals surface area contributed by atoms with Crippen LogP contribution in [0.4, 0.5) is 0 Å². The van der Waals surface area contributed by atoms with E-state index in [1.807, 2.05) is 23.6 Å². The van der Waals surface area contributed by atoms with Crippen molar-refractivity contribution in [1.29, 1.82) is 0 Å². The molecule has 1 aromatic heterocycles. The second-order valence-electron chi connectivity index (χ2n) is 8.40. The van der Waals surface area contributed by atoms with Gasteiger partial charge in [-0.15, -0.1) is 0 Å². The Morgan fingerprint density at radius 1 is 1.27 bits per heavy atom. The lowest BCUT2D eigenvalue weighted by Gasteiger charge is -2.27. The van der Waals surface area contributed by atoms with Crippen LogP contribution in [0.15, 0.2) is 29.1 Å². The first kappa shape index (κ1) is 23.7. The van der Waals surface area contributed by atoms with E-state index in [2.05, 4.69) is 23.7 Å². The van der Waals surface area contributed by atoms with Crippen molar-refractivity contribution in [3.8, 4) is 22.8 Å². The van der Waals surface area contributed by atoms with Crippen LogP contribution in [0.25, 0.3) is 11.3 Å². The molecule has 1 unspecified atom stereocenters. The molecule has 0 spiro atoms. The molecule has 0 amide bonds. The van der Waals surface area contributed by atoms with Crippen LogP contribution < -0.4 is 31.6 Å². The highest BCUT2D eigenvalue weighted by Gasteiger charge is 2.23. The number of nitrogens with one attached hydrogen (secondary N) is 2. The highest BCUT2D eigenvalue weighted by Crippen LogP contribution is 2.36. The van der Waals surface area contributed by atoms with Gasteiger partial charge in [-0.2, -0.15) is 0 Å². The first-order chi connectivity index (χ1) is 16.1. The van der Waals surface area contributed by atoms with E-state index < -0.39 is 0 Å². The Labute approximate surface area is 194 Å². The van der Waals surface area contributed by atoms with Crippen LogP contribution >= 0.6 is 0 Å². The summed E-state index contributed by atoms with van der Waals surface area (Å²) in [6, 6.07) is 7.59. The standard InChI is InChI=1S/C24H34N4O5/c1-3-7-26-22(27-25)15-32-18-4-5-20-17(11-18)6-8-28-23(29)12-21(16(2)24(20)28)33-14-19-13-30-9-10-31-19/h4-5,11-12,19,22,26-27H,3,6-10,13-15,25H2,1-2H3/t19-,22?/m0/s1. The van der Waals surface area contributed by atoms with Gasteiger partial charge in [-0.1, -0.05) is 6.92 Å². The predicted molar refractivity (Wildman–Crippen MR) is 126 cm³/mol. The van der Waals surface area contributed by atoms with E-state index in [0.29, 0.717) is 45.3 Å². The number of nitrogens with two attached hydrogens (primary N) is 1. The minimum Gasteiger partial charge on any atom is -0.491 e. The second kappa shape index (κ2) is 11.1. The molecule has 2 aromatic rings. The van der Waals surface area contributed by atoms with Crippen LogP contribution in [-0.4, -0.2) is 56.4 Å². The first-order valence-corrected chi connectivity index (χ1v) is 11.6. The van der Waals surface area contributed by atoms with Gasteiger partial charge in [0.2, 0.25) is 0 Å². The minimum absolute atomic E-state index is 0.0590. The molecule has 180 valence electrons. The fourth-order valence-corrected chi connectivity index (χ4v) is 4.26. The van der Waals surface area contributed by atoms with Gasteiger partial charge in [-0.25, -0.2) is 5.43 Å². The molecule has 4 rings (SSSR count). The number of rotatable bonds is 10. The van der Waals surface area contributed by atoms with Crippen molar-refractivity contribution in [3.63, 3.8) is 0 Å².